The van der Waals surface area contributed by atoms with Crippen molar-refractivity contribution in [1.82, 2.24) is 5.43 Å². The molecule has 2 aromatic carbocycles. The number of amides is 1. The molecular weight excluding hydrogens is 292 g/mol. The first-order valence-electron chi connectivity index (χ1n) is 7.28. The van der Waals surface area contributed by atoms with E-state index in [1.54, 1.807) is 24.3 Å². The minimum atomic E-state index is -0.346. The summed E-state index contributed by atoms with van der Waals surface area (Å²) in [5.41, 5.74) is 6.23. The van der Waals surface area contributed by atoms with E-state index in [0.717, 1.165) is 22.4 Å². The Morgan fingerprint density at radius 2 is 1.96 bits per heavy atom. The van der Waals surface area contributed by atoms with Gasteiger partial charge in [-0.1, -0.05) is 24.3 Å². The molecular formula is C18H20N2O3. The maximum atomic E-state index is 11.8. The molecule has 2 aromatic rings. The Hall–Kier alpha value is -2.82. The fourth-order valence-corrected chi connectivity index (χ4v) is 2.10. The van der Waals surface area contributed by atoms with Crippen molar-refractivity contribution in [1.29, 1.82) is 0 Å². The first-order chi connectivity index (χ1) is 11.0. The predicted molar refractivity (Wildman–Crippen MR) is 90.0 cm³/mol. The van der Waals surface area contributed by atoms with E-state index in [9.17, 15) is 9.90 Å². The van der Waals surface area contributed by atoms with Crippen LogP contribution >= 0.6 is 0 Å². The summed E-state index contributed by atoms with van der Waals surface area (Å²) in [6, 6.07) is 10.6. The van der Waals surface area contributed by atoms with Crippen molar-refractivity contribution in [3.8, 4) is 11.5 Å². The summed E-state index contributed by atoms with van der Waals surface area (Å²) in [4.78, 5) is 11.8. The Kier molecular flexibility index (Phi) is 5.36. The lowest BCUT2D eigenvalue weighted by Crippen LogP contribution is -2.25. The number of nitrogens with zero attached hydrogens (tertiary/aromatic N) is 1. The van der Waals surface area contributed by atoms with Gasteiger partial charge in [0.2, 0.25) is 0 Å². The largest absolute Gasteiger partial charge is 0.508 e. The number of aromatic hydroxyl groups is 1. The lowest BCUT2D eigenvalue weighted by molar-refractivity contribution is -0.123. The van der Waals surface area contributed by atoms with Gasteiger partial charge in [0.25, 0.3) is 5.91 Å². The van der Waals surface area contributed by atoms with Crippen LogP contribution in [0.3, 0.4) is 0 Å². The van der Waals surface area contributed by atoms with Crippen molar-refractivity contribution in [3.05, 3.63) is 58.7 Å². The molecule has 0 aromatic heterocycles. The summed E-state index contributed by atoms with van der Waals surface area (Å²) < 4.78 is 5.61. The summed E-state index contributed by atoms with van der Waals surface area (Å²) >= 11 is 0. The van der Waals surface area contributed by atoms with Crippen molar-refractivity contribution in [2.45, 2.75) is 20.8 Å². The highest BCUT2D eigenvalue weighted by Gasteiger charge is 2.08. The fraction of sp³-hybridized carbons (Fsp3) is 0.222. The van der Waals surface area contributed by atoms with Gasteiger partial charge in [0.15, 0.2) is 6.61 Å². The third kappa shape index (κ3) is 4.57. The number of hydrogen-bond acceptors (Lipinski definition) is 4. The van der Waals surface area contributed by atoms with Gasteiger partial charge >= 0.3 is 0 Å². The molecule has 0 aliphatic carbocycles. The van der Waals surface area contributed by atoms with Crippen LogP contribution in [0.25, 0.3) is 0 Å². The molecule has 2 rings (SSSR count). The van der Waals surface area contributed by atoms with Crippen LogP contribution in [-0.4, -0.2) is 23.8 Å². The van der Waals surface area contributed by atoms with Gasteiger partial charge in [-0.2, -0.15) is 5.10 Å². The minimum Gasteiger partial charge on any atom is -0.508 e. The SMILES string of the molecule is Cc1ccc(C)c(OCC(=O)NN=Cc2cccc(O)c2)c1C. The first kappa shape index (κ1) is 16.5. The van der Waals surface area contributed by atoms with Gasteiger partial charge in [-0.25, -0.2) is 5.43 Å². The lowest BCUT2D eigenvalue weighted by atomic mass is 10.1. The highest BCUT2D eigenvalue weighted by atomic mass is 16.5. The van der Waals surface area contributed by atoms with Crippen LogP contribution in [0.1, 0.15) is 22.3 Å². The second-order valence-corrected chi connectivity index (χ2v) is 5.33. The number of aryl methyl sites for hydroxylation is 2. The van der Waals surface area contributed by atoms with Crippen LogP contribution < -0.4 is 10.2 Å². The van der Waals surface area contributed by atoms with Gasteiger partial charge in [0, 0.05) is 0 Å². The number of carbonyl (C=O) groups excluding carboxylic acids is 1. The molecule has 0 unspecified atom stereocenters. The van der Waals surface area contributed by atoms with Gasteiger partial charge < -0.3 is 9.84 Å². The molecule has 0 spiro atoms. The molecule has 0 aliphatic heterocycles. The average molecular weight is 312 g/mol. The molecule has 1 amide bonds. The maximum absolute atomic E-state index is 11.8. The lowest BCUT2D eigenvalue weighted by Gasteiger charge is -2.13. The second kappa shape index (κ2) is 7.45. The Labute approximate surface area is 135 Å². The summed E-state index contributed by atoms with van der Waals surface area (Å²) in [6.45, 7) is 5.80. The Balaban J connectivity index is 1.90. The van der Waals surface area contributed by atoms with Gasteiger partial charge in [-0.15, -0.1) is 0 Å². The van der Waals surface area contributed by atoms with Crippen molar-refractivity contribution in [2.24, 2.45) is 5.10 Å². The van der Waals surface area contributed by atoms with E-state index >= 15 is 0 Å². The number of ether oxygens (including phenoxy) is 1. The molecule has 5 heteroatoms. The van der Waals surface area contributed by atoms with Crippen molar-refractivity contribution >= 4 is 12.1 Å². The van der Waals surface area contributed by atoms with E-state index in [1.165, 1.54) is 6.21 Å². The van der Waals surface area contributed by atoms with Crippen molar-refractivity contribution < 1.29 is 14.6 Å². The molecule has 0 heterocycles. The fourth-order valence-electron chi connectivity index (χ4n) is 2.10. The number of rotatable bonds is 5. The number of benzene rings is 2. The molecule has 0 radical (unpaired) electrons. The van der Waals surface area contributed by atoms with Crippen LogP contribution in [0.15, 0.2) is 41.5 Å². The monoisotopic (exact) mass is 312 g/mol. The van der Waals surface area contributed by atoms with Gasteiger partial charge in [0.1, 0.15) is 11.5 Å². The number of hydrogen-bond donors (Lipinski definition) is 2. The topological polar surface area (TPSA) is 70.9 Å². The summed E-state index contributed by atoms with van der Waals surface area (Å²) in [5.74, 6) is 0.535. The van der Waals surface area contributed by atoms with E-state index < -0.39 is 0 Å². The van der Waals surface area contributed by atoms with E-state index in [4.69, 9.17) is 4.74 Å². The molecule has 0 aliphatic rings. The summed E-state index contributed by atoms with van der Waals surface area (Å²) in [6.07, 6.45) is 1.46. The highest BCUT2D eigenvalue weighted by Crippen LogP contribution is 2.25. The number of phenols is 1. The van der Waals surface area contributed by atoms with Crippen LogP contribution in [0.2, 0.25) is 0 Å². The third-order valence-electron chi connectivity index (χ3n) is 3.49. The van der Waals surface area contributed by atoms with E-state index in [1.807, 2.05) is 32.9 Å². The minimum absolute atomic E-state index is 0.109. The molecule has 23 heavy (non-hydrogen) atoms. The molecule has 0 saturated carbocycles. The molecule has 120 valence electrons. The Morgan fingerprint density at radius 1 is 1.22 bits per heavy atom. The second-order valence-electron chi connectivity index (χ2n) is 5.33. The standard InChI is InChI=1S/C18H20N2O3/c1-12-7-8-13(2)18(14(12)3)23-11-17(22)20-19-10-15-5-4-6-16(21)9-15/h4-10,21H,11H2,1-3H3,(H,20,22). The van der Waals surface area contributed by atoms with Crippen LogP contribution in [-0.2, 0) is 4.79 Å². The normalized spacial score (nSPS) is 10.7. The molecule has 0 saturated heterocycles. The smallest absolute Gasteiger partial charge is 0.277 e. The van der Waals surface area contributed by atoms with Crippen LogP contribution in [0, 0.1) is 20.8 Å². The highest BCUT2D eigenvalue weighted by molar-refractivity contribution is 5.83. The van der Waals surface area contributed by atoms with Crippen LogP contribution in [0.4, 0.5) is 0 Å². The quantitative estimate of drug-likeness (QED) is 0.659. The Morgan fingerprint density at radius 3 is 2.70 bits per heavy atom. The third-order valence-corrected chi connectivity index (χ3v) is 3.49. The molecule has 2 N–H and O–H groups in total. The van der Waals surface area contributed by atoms with Gasteiger partial charge in [-0.05, 0) is 55.2 Å². The number of carbonyl (C=O) groups is 1. The molecule has 0 atom stereocenters. The average Bonchev–Trinajstić information content (AvgIpc) is 2.51. The maximum Gasteiger partial charge on any atom is 0.277 e. The van der Waals surface area contributed by atoms with Gasteiger partial charge in [0.05, 0.1) is 6.21 Å². The Bertz CT molecular complexity index is 739. The molecule has 5 nitrogen and oxygen atoms in total. The number of nitrogens with one attached hydrogen (secondary N) is 1. The zero-order valence-electron chi connectivity index (χ0n) is 13.5. The van der Waals surface area contributed by atoms with E-state index in [0.29, 0.717) is 5.56 Å². The van der Waals surface area contributed by atoms with Crippen LogP contribution in [0.5, 0.6) is 11.5 Å². The number of hydrazone groups is 1. The zero-order valence-corrected chi connectivity index (χ0v) is 13.5. The van der Waals surface area contributed by atoms with Gasteiger partial charge in [-0.3, -0.25) is 4.79 Å². The zero-order chi connectivity index (χ0) is 16.8. The predicted octanol–water partition coefficient (Wildman–Crippen LogP) is 2.85. The number of phenolic OH excluding ortho intramolecular Hbond substituents is 1. The summed E-state index contributed by atoms with van der Waals surface area (Å²) in [7, 11) is 0. The molecule has 0 bridgehead atoms. The molecule has 0 fully saturated rings. The van der Waals surface area contributed by atoms with E-state index in [-0.39, 0.29) is 18.3 Å². The first-order valence-corrected chi connectivity index (χ1v) is 7.28. The van der Waals surface area contributed by atoms with E-state index in [2.05, 4.69) is 10.5 Å². The summed E-state index contributed by atoms with van der Waals surface area (Å²) in [5, 5.41) is 13.2. The van der Waals surface area contributed by atoms with Crippen molar-refractivity contribution in [3.63, 3.8) is 0 Å². The van der Waals surface area contributed by atoms with Crippen molar-refractivity contribution in [2.75, 3.05) is 6.61 Å².